The fraction of sp³-hybridized carbons (Fsp3) is 0.158. The first-order valence-corrected chi connectivity index (χ1v) is 7.82. The van der Waals surface area contributed by atoms with Gasteiger partial charge >= 0.3 is 0 Å². The predicted octanol–water partition coefficient (Wildman–Crippen LogP) is 4.39. The number of hydrogen-bond donors (Lipinski definition) is 1. The van der Waals surface area contributed by atoms with Crippen molar-refractivity contribution in [3.63, 3.8) is 0 Å². The molecule has 1 aromatic carbocycles. The van der Waals surface area contributed by atoms with Crippen molar-refractivity contribution >= 4 is 23.1 Å². The minimum absolute atomic E-state index is 0.260. The van der Waals surface area contributed by atoms with Crippen LogP contribution in [0.5, 0.6) is 0 Å². The van der Waals surface area contributed by atoms with Gasteiger partial charge in [0.1, 0.15) is 5.82 Å². The Balaban J connectivity index is 1.76. The van der Waals surface area contributed by atoms with Gasteiger partial charge in [-0.25, -0.2) is 4.98 Å². The summed E-state index contributed by atoms with van der Waals surface area (Å²) in [6.07, 6.45) is 3.22. The van der Waals surface area contributed by atoms with Crippen LogP contribution in [0.4, 0.5) is 17.2 Å². The van der Waals surface area contributed by atoms with Crippen molar-refractivity contribution in [2.45, 2.75) is 13.8 Å². The smallest absolute Gasteiger partial charge is 0.292 e. The van der Waals surface area contributed by atoms with Crippen molar-refractivity contribution in [3.05, 3.63) is 72.3 Å². The summed E-state index contributed by atoms with van der Waals surface area (Å²) in [4.78, 5) is 18.4. The quantitative estimate of drug-likeness (QED) is 0.757. The number of nitrogens with one attached hydrogen (secondary N) is 1. The van der Waals surface area contributed by atoms with Gasteiger partial charge in [0.25, 0.3) is 5.91 Å². The molecule has 1 N–H and O–H groups in total. The minimum atomic E-state index is -0.314. The Bertz CT molecular complexity index is 811. The van der Waals surface area contributed by atoms with E-state index in [1.807, 2.05) is 12.1 Å². The number of carbonyl (C=O) groups is 1. The van der Waals surface area contributed by atoms with E-state index in [-0.39, 0.29) is 11.7 Å². The van der Waals surface area contributed by atoms with Crippen LogP contribution in [0.2, 0.25) is 0 Å². The molecular formula is C19H19N3O2. The summed E-state index contributed by atoms with van der Waals surface area (Å²) in [7, 11) is 0. The standard InChI is InChI=1S/C19H19N3O2/c1-3-22(15-7-4-6-14(2)12-15)16-9-10-18(20-13-16)21-19(23)17-8-5-11-24-17/h4-13H,3H2,1-2H3,(H,20,21,23). The van der Waals surface area contributed by atoms with Gasteiger partial charge in [0.15, 0.2) is 5.76 Å². The number of aryl methyl sites for hydroxylation is 1. The lowest BCUT2D eigenvalue weighted by molar-refractivity contribution is 0.0996. The van der Waals surface area contributed by atoms with Crippen LogP contribution in [-0.4, -0.2) is 17.4 Å². The number of carbonyl (C=O) groups excluding carboxylic acids is 1. The van der Waals surface area contributed by atoms with E-state index in [1.54, 1.807) is 24.4 Å². The SMILES string of the molecule is CCN(c1ccc(NC(=O)c2ccco2)nc1)c1cccc(C)c1. The van der Waals surface area contributed by atoms with E-state index in [2.05, 4.69) is 47.2 Å². The Morgan fingerprint density at radius 3 is 2.67 bits per heavy atom. The Morgan fingerprint density at radius 1 is 1.17 bits per heavy atom. The average Bonchev–Trinajstić information content (AvgIpc) is 3.12. The number of furan rings is 1. The van der Waals surface area contributed by atoms with E-state index < -0.39 is 0 Å². The molecule has 3 rings (SSSR count). The molecule has 0 unspecified atom stereocenters. The van der Waals surface area contributed by atoms with Crippen molar-refractivity contribution in [2.24, 2.45) is 0 Å². The number of anilines is 3. The van der Waals surface area contributed by atoms with Gasteiger partial charge < -0.3 is 14.6 Å². The lowest BCUT2D eigenvalue weighted by Crippen LogP contribution is -2.17. The second-order valence-corrected chi connectivity index (χ2v) is 5.42. The number of benzene rings is 1. The summed E-state index contributed by atoms with van der Waals surface area (Å²) in [5.41, 5.74) is 3.30. The van der Waals surface area contributed by atoms with E-state index >= 15 is 0 Å². The normalized spacial score (nSPS) is 10.4. The maximum absolute atomic E-state index is 12.0. The van der Waals surface area contributed by atoms with Crippen LogP contribution in [0.25, 0.3) is 0 Å². The zero-order valence-electron chi connectivity index (χ0n) is 13.7. The van der Waals surface area contributed by atoms with Gasteiger partial charge in [-0.15, -0.1) is 0 Å². The molecule has 2 aromatic heterocycles. The zero-order chi connectivity index (χ0) is 16.9. The molecule has 2 heterocycles. The van der Waals surface area contributed by atoms with Gasteiger partial charge in [-0.05, 0) is 55.8 Å². The van der Waals surface area contributed by atoms with Gasteiger partial charge in [-0.1, -0.05) is 12.1 Å². The molecule has 0 bridgehead atoms. The second kappa shape index (κ2) is 7.00. The lowest BCUT2D eigenvalue weighted by Gasteiger charge is -2.23. The van der Waals surface area contributed by atoms with E-state index in [0.717, 1.165) is 17.9 Å². The molecule has 5 nitrogen and oxygen atoms in total. The number of nitrogens with zero attached hydrogens (tertiary/aromatic N) is 2. The van der Waals surface area contributed by atoms with Crippen LogP contribution in [-0.2, 0) is 0 Å². The third-order valence-electron chi connectivity index (χ3n) is 3.68. The summed E-state index contributed by atoms with van der Waals surface area (Å²) in [5.74, 6) is 0.433. The molecule has 1 amide bonds. The third-order valence-corrected chi connectivity index (χ3v) is 3.68. The number of hydrogen-bond acceptors (Lipinski definition) is 4. The highest BCUT2D eigenvalue weighted by atomic mass is 16.3. The molecule has 0 spiro atoms. The van der Waals surface area contributed by atoms with Crippen LogP contribution < -0.4 is 10.2 Å². The summed E-state index contributed by atoms with van der Waals surface area (Å²) >= 11 is 0. The molecule has 0 radical (unpaired) electrons. The highest BCUT2D eigenvalue weighted by Gasteiger charge is 2.11. The number of aromatic nitrogens is 1. The van der Waals surface area contributed by atoms with Gasteiger partial charge in [0.2, 0.25) is 0 Å². The molecule has 0 saturated heterocycles. The van der Waals surface area contributed by atoms with Crippen LogP contribution in [0.15, 0.2) is 65.4 Å². The lowest BCUT2D eigenvalue weighted by atomic mass is 10.2. The van der Waals surface area contributed by atoms with Gasteiger partial charge in [-0.3, -0.25) is 4.79 Å². The van der Waals surface area contributed by atoms with Crippen LogP contribution >= 0.6 is 0 Å². The molecule has 0 aliphatic carbocycles. The molecule has 122 valence electrons. The fourth-order valence-corrected chi connectivity index (χ4v) is 2.52. The molecule has 24 heavy (non-hydrogen) atoms. The van der Waals surface area contributed by atoms with E-state index in [1.165, 1.54) is 11.8 Å². The monoisotopic (exact) mass is 321 g/mol. The molecule has 0 aliphatic heterocycles. The summed E-state index contributed by atoms with van der Waals surface area (Å²) in [6.45, 7) is 4.99. The highest BCUT2D eigenvalue weighted by molar-refractivity contribution is 6.01. The molecular weight excluding hydrogens is 302 g/mol. The van der Waals surface area contributed by atoms with Crippen LogP contribution in [0.1, 0.15) is 23.0 Å². The maximum Gasteiger partial charge on any atom is 0.292 e. The Morgan fingerprint density at radius 2 is 2.04 bits per heavy atom. The molecule has 0 saturated carbocycles. The largest absolute Gasteiger partial charge is 0.459 e. The minimum Gasteiger partial charge on any atom is -0.459 e. The molecule has 0 fully saturated rings. The molecule has 3 aromatic rings. The van der Waals surface area contributed by atoms with Crippen LogP contribution in [0.3, 0.4) is 0 Å². The Hall–Kier alpha value is -3.08. The first-order chi connectivity index (χ1) is 11.7. The maximum atomic E-state index is 12.0. The van der Waals surface area contributed by atoms with E-state index in [0.29, 0.717) is 5.82 Å². The van der Waals surface area contributed by atoms with E-state index in [4.69, 9.17) is 4.42 Å². The van der Waals surface area contributed by atoms with Crippen molar-refractivity contribution in [2.75, 3.05) is 16.8 Å². The Kier molecular flexibility index (Phi) is 4.61. The molecule has 0 aliphatic rings. The first kappa shape index (κ1) is 15.8. The van der Waals surface area contributed by atoms with Crippen LogP contribution in [0, 0.1) is 6.92 Å². The second-order valence-electron chi connectivity index (χ2n) is 5.42. The average molecular weight is 321 g/mol. The number of amides is 1. The number of rotatable bonds is 5. The topological polar surface area (TPSA) is 58.4 Å². The first-order valence-electron chi connectivity index (χ1n) is 7.82. The summed E-state index contributed by atoms with van der Waals surface area (Å²) in [5, 5.41) is 2.72. The number of pyridine rings is 1. The third kappa shape index (κ3) is 3.46. The fourth-order valence-electron chi connectivity index (χ4n) is 2.52. The predicted molar refractivity (Wildman–Crippen MR) is 94.8 cm³/mol. The summed E-state index contributed by atoms with van der Waals surface area (Å²) in [6, 6.07) is 15.3. The van der Waals surface area contributed by atoms with Crippen molar-refractivity contribution in [1.29, 1.82) is 0 Å². The van der Waals surface area contributed by atoms with Gasteiger partial charge in [0, 0.05) is 12.2 Å². The zero-order valence-corrected chi connectivity index (χ0v) is 13.7. The molecule has 5 heteroatoms. The molecule has 0 atom stereocenters. The highest BCUT2D eigenvalue weighted by Crippen LogP contribution is 2.25. The van der Waals surface area contributed by atoms with Gasteiger partial charge in [-0.2, -0.15) is 0 Å². The van der Waals surface area contributed by atoms with Gasteiger partial charge in [0.05, 0.1) is 18.1 Å². The van der Waals surface area contributed by atoms with E-state index in [9.17, 15) is 4.79 Å². The summed E-state index contributed by atoms with van der Waals surface area (Å²) < 4.78 is 5.07. The van der Waals surface area contributed by atoms with Crippen molar-refractivity contribution < 1.29 is 9.21 Å². The van der Waals surface area contributed by atoms with Crippen molar-refractivity contribution in [1.82, 2.24) is 4.98 Å². The Labute approximate surface area is 140 Å². The van der Waals surface area contributed by atoms with Crippen molar-refractivity contribution in [3.8, 4) is 0 Å².